The third-order valence-corrected chi connectivity index (χ3v) is 6.13. The van der Waals surface area contributed by atoms with E-state index in [0.717, 1.165) is 41.6 Å². The summed E-state index contributed by atoms with van der Waals surface area (Å²) in [5, 5.41) is 3.09. The smallest absolute Gasteiger partial charge is 0.298 e. The Morgan fingerprint density at radius 3 is 2.34 bits per heavy atom. The third-order valence-electron chi connectivity index (χ3n) is 6.13. The fraction of sp³-hybridized carbons (Fsp3) is 0.360. The lowest BCUT2D eigenvalue weighted by molar-refractivity contribution is -0.126. The second-order valence-electron chi connectivity index (χ2n) is 8.39. The summed E-state index contributed by atoms with van der Waals surface area (Å²) in [6.45, 7) is 5.43. The van der Waals surface area contributed by atoms with Crippen molar-refractivity contribution >= 4 is 17.5 Å². The number of hydrogen-bond acceptors (Lipinski definition) is 2. The molecule has 1 aliphatic heterocycles. The Bertz CT molecular complexity index is 972. The Labute approximate surface area is 172 Å². The molecule has 1 N–H and O–H groups in total. The van der Waals surface area contributed by atoms with Gasteiger partial charge in [0.1, 0.15) is 0 Å². The van der Waals surface area contributed by atoms with Gasteiger partial charge in [-0.15, -0.1) is 0 Å². The Morgan fingerprint density at radius 1 is 1.03 bits per heavy atom. The van der Waals surface area contributed by atoms with Crippen molar-refractivity contribution < 1.29 is 9.59 Å². The number of carbonyl (C=O) groups is 2. The number of likely N-dealkylation sites (tertiary alicyclic amines) is 1. The molecular weight excluding hydrogens is 360 g/mol. The maximum absolute atomic E-state index is 12.7. The van der Waals surface area contributed by atoms with E-state index in [4.69, 9.17) is 0 Å². The largest absolute Gasteiger partial charge is 0.332 e. The van der Waals surface area contributed by atoms with Gasteiger partial charge in [0.25, 0.3) is 5.91 Å². The van der Waals surface area contributed by atoms with Crippen LogP contribution in [0.25, 0.3) is 0 Å². The van der Waals surface area contributed by atoms with Crippen molar-refractivity contribution in [1.29, 1.82) is 0 Å². The van der Waals surface area contributed by atoms with E-state index in [1.165, 1.54) is 0 Å². The van der Waals surface area contributed by atoms with Gasteiger partial charge in [-0.2, -0.15) is 0 Å². The van der Waals surface area contributed by atoms with Gasteiger partial charge in [-0.05, 0) is 73.9 Å². The van der Waals surface area contributed by atoms with E-state index in [1.54, 1.807) is 0 Å². The molecule has 0 radical (unpaired) electrons. The van der Waals surface area contributed by atoms with Crippen molar-refractivity contribution in [3.05, 3.63) is 65.2 Å². The van der Waals surface area contributed by atoms with Gasteiger partial charge in [-0.25, -0.2) is 0 Å². The topological polar surface area (TPSA) is 49.4 Å². The molecule has 0 bridgehead atoms. The molecule has 1 aliphatic carbocycles. The summed E-state index contributed by atoms with van der Waals surface area (Å²) in [6.07, 6.45) is 2.66. The summed E-state index contributed by atoms with van der Waals surface area (Å²) >= 11 is 0. The van der Waals surface area contributed by atoms with Crippen molar-refractivity contribution in [1.82, 2.24) is 4.90 Å². The molecule has 2 aromatic carbocycles. The fourth-order valence-corrected chi connectivity index (χ4v) is 4.43. The van der Waals surface area contributed by atoms with Gasteiger partial charge in [-0.1, -0.05) is 30.2 Å². The normalized spacial score (nSPS) is 19.2. The van der Waals surface area contributed by atoms with Gasteiger partial charge < -0.3 is 10.2 Å². The van der Waals surface area contributed by atoms with Crippen LogP contribution in [0, 0.1) is 37.0 Å². The molecule has 1 saturated heterocycles. The van der Waals surface area contributed by atoms with Gasteiger partial charge in [0.2, 0.25) is 5.91 Å². The van der Waals surface area contributed by atoms with Gasteiger partial charge in [0, 0.05) is 36.2 Å². The standard InChI is InChI=1S/C25H26N2O2/c1-18-14-19(2)16-21(15-18)26-24(29)22-17-25(22)10-12-27(13-11-25)23(28)9-8-20-6-4-3-5-7-20/h3-7,14-16,22H,10-13,17H2,1-2H3,(H,26,29). The summed E-state index contributed by atoms with van der Waals surface area (Å²) in [6, 6.07) is 15.7. The lowest BCUT2D eigenvalue weighted by atomic mass is 9.90. The van der Waals surface area contributed by atoms with Crippen LogP contribution >= 0.6 is 0 Å². The molecule has 4 heteroatoms. The Morgan fingerprint density at radius 2 is 1.69 bits per heavy atom. The maximum Gasteiger partial charge on any atom is 0.298 e. The SMILES string of the molecule is Cc1cc(C)cc(NC(=O)C2CC23CCN(C(=O)C#Cc2ccccc2)CC3)c1. The number of aryl methyl sites for hydroxylation is 2. The third kappa shape index (κ3) is 4.35. The molecule has 1 spiro atoms. The number of nitrogens with zero attached hydrogens (tertiary/aromatic N) is 1. The summed E-state index contributed by atoms with van der Waals surface area (Å²) in [7, 11) is 0. The van der Waals surface area contributed by atoms with E-state index in [1.807, 2.05) is 61.2 Å². The number of anilines is 1. The Balaban J connectivity index is 1.31. The van der Waals surface area contributed by atoms with Gasteiger partial charge in [0.15, 0.2) is 0 Å². The van der Waals surface area contributed by atoms with Crippen molar-refractivity contribution in [2.24, 2.45) is 11.3 Å². The minimum absolute atomic E-state index is 0.0518. The number of benzene rings is 2. The summed E-state index contributed by atoms with van der Waals surface area (Å²) in [5.41, 5.74) is 4.08. The molecule has 29 heavy (non-hydrogen) atoms. The van der Waals surface area contributed by atoms with E-state index in [9.17, 15) is 9.59 Å². The monoisotopic (exact) mass is 386 g/mol. The van der Waals surface area contributed by atoms with E-state index in [-0.39, 0.29) is 23.1 Å². The van der Waals surface area contributed by atoms with E-state index >= 15 is 0 Å². The molecule has 2 aromatic rings. The van der Waals surface area contributed by atoms with Crippen LogP contribution in [0.3, 0.4) is 0 Å². The fourth-order valence-electron chi connectivity index (χ4n) is 4.43. The van der Waals surface area contributed by atoms with Crippen LogP contribution in [0.2, 0.25) is 0 Å². The maximum atomic E-state index is 12.7. The highest BCUT2D eigenvalue weighted by molar-refractivity contribution is 5.96. The number of carbonyl (C=O) groups excluding carboxylic acids is 2. The van der Waals surface area contributed by atoms with Crippen LogP contribution < -0.4 is 5.32 Å². The molecule has 1 heterocycles. The van der Waals surface area contributed by atoms with Gasteiger partial charge >= 0.3 is 0 Å². The lowest BCUT2D eigenvalue weighted by Gasteiger charge is -2.31. The average molecular weight is 386 g/mol. The molecule has 1 saturated carbocycles. The zero-order valence-corrected chi connectivity index (χ0v) is 17.0. The molecule has 2 fully saturated rings. The molecule has 4 nitrogen and oxygen atoms in total. The van der Waals surface area contributed by atoms with Gasteiger partial charge in [0.05, 0.1) is 0 Å². The van der Waals surface area contributed by atoms with Crippen molar-refractivity contribution in [2.45, 2.75) is 33.1 Å². The molecule has 2 aliphatic rings. The number of amides is 2. The minimum Gasteiger partial charge on any atom is -0.332 e. The zero-order valence-electron chi connectivity index (χ0n) is 17.0. The Kier molecular flexibility index (Phi) is 5.15. The van der Waals surface area contributed by atoms with Crippen LogP contribution in [0.4, 0.5) is 5.69 Å². The molecular formula is C25H26N2O2. The highest BCUT2D eigenvalue weighted by Crippen LogP contribution is 2.59. The molecule has 2 amide bonds. The Hall–Kier alpha value is -3.06. The first-order chi connectivity index (χ1) is 13.9. The van der Waals surface area contributed by atoms with Gasteiger partial charge in [-0.3, -0.25) is 9.59 Å². The van der Waals surface area contributed by atoms with E-state index in [2.05, 4.69) is 23.2 Å². The number of rotatable bonds is 2. The van der Waals surface area contributed by atoms with Crippen molar-refractivity contribution in [2.75, 3.05) is 18.4 Å². The quantitative estimate of drug-likeness (QED) is 0.796. The van der Waals surface area contributed by atoms with Crippen LogP contribution in [-0.4, -0.2) is 29.8 Å². The molecule has 1 atom stereocenters. The summed E-state index contributed by atoms with van der Waals surface area (Å²) in [5.74, 6) is 5.72. The first-order valence-electron chi connectivity index (χ1n) is 10.2. The second kappa shape index (κ2) is 7.75. The number of nitrogens with one attached hydrogen (secondary N) is 1. The molecule has 1 unspecified atom stereocenters. The summed E-state index contributed by atoms with van der Waals surface area (Å²) < 4.78 is 0. The van der Waals surface area contributed by atoms with Crippen molar-refractivity contribution in [3.8, 4) is 11.8 Å². The van der Waals surface area contributed by atoms with Crippen LogP contribution in [0.15, 0.2) is 48.5 Å². The lowest BCUT2D eigenvalue weighted by Crippen LogP contribution is -2.39. The van der Waals surface area contributed by atoms with E-state index < -0.39 is 0 Å². The van der Waals surface area contributed by atoms with Crippen LogP contribution in [0.1, 0.15) is 36.0 Å². The molecule has 0 aromatic heterocycles. The molecule has 148 valence electrons. The average Bonchev–Trinajstić information content (AvgIpc) is 3.40. The predicted octanol–water partition coefficient (Wildman–Crippen LogP) is 3.92. The number of hydrogen-bond donors (Lipinski definition) is 1. The number of piperidine rings is 1. The second-order valence-corrected chi connectivity index (χ2v) is 8.39. The first-order valence-corrected chi connectivity index (χ1v) is 10.2. The highest BCUT2D eigenvalue weighted by atomic mass is 16.2. The highest BCUT2D eigenvalue weighted by Gasteiger charge is 2.58. The predicted molar refractivity (Wildman–Crippen MR) is 114 cm³/mol. The summed E-state index contributed by atoms with van der Waals surface area (Å²) in [4.78, 5) is 26.9. The minimum atomic E-state index is -0.124. The van der Waals surface area contributed by atoms with E-state index in [0.29, 0.717) is 13.1 Å². The van der Waals surface area contributed by atoms with Crippen LogP contribution in [-0.2, 0) is 9.59 Å². The zero-order chi connectivity index (χ0) is 20.4. The van der Waals surface area contributed by atoms with Crippen LogP contribution in [0.5, 0.6) is 0 Å². The van der Waals surface area contributed by atoms with Crippen molar-refractivity contribution in [3.63, 3.8) is 0 Å². The molecule has 4 rings (SSSR count). The first kappa shape index (κ1) is 19.3.